The molecular formula is C11H11F3. The van der Waals surface area contributed by atoms with Crippen molar-refractivity contribution in [2.24, 2.45) is 0 Å². The van der Waals surface area contributed by atoms with Crippen LogP contribution in [0.2, 0.25) is 0 Å². The summed E-state index contributed by atoms with van der Waals surface area (Å²) in [7, 11) is 0. The maximum absolute atomic E-state index is 12.9. The van der Waals surface area contributed by atoms with Crippen LogP contribution in [-0.4, -0.2) is 0 Å². The molecule has 1 aliphatic carbocycles. The monoisotopic (exact) mass is 200 g/mol. The second kappa shape index (κ2) is 3.64. The fraction of sp³-hybridized carbons (Fsp3) is 0.455. The summed E-state index contributed by atoms with van der Waals surface area (Å²) < 4.78 is 38.4. The van der Waals surface area contributed by atoms with Crippen LogP contribution in [0.4, 0.5) is 13.2 Å². The Kier molecular flexibility index (Phi) is 2.48. The highest BCUT2D eigenvalue weighted by molar-refractivity contribution is 5.23. The highest BCUT2D eigenvalue weighted by atomic mass is 19.2. The maximum atomic E-state index is 12.9. The van der Waals surface area contributed by atoms with Gasteiger partial charge in [0, 0.05) is 0 Å². The van der Waals surface area contributed by atoms with Gasteiger partial charge in [0.05, 0.1) is 0 Å². The first-order valence-electron chi connectivity index (χ1n) is 4.83. The Balaban J connectivity index is 2.34. The van der Waals surface area contributed by atoms with Crippen molar-refractivity contribution in [3.05, 3.63) is 35.1 Å². The van der Waals surface area contributed by atoms with Crippen molar-refractivity contribution < 1.29 is 13.2 Å². The number of rotatable bonds is 1. The SMILES string of the molecule is Fc1cc(C2CCCC2)cc(F)c1F. The van der Waals surface area contributed by atoms with Gasteiger partial charge in [0.2, 0.25) is 0 Å². The van der Waals surface area contributed by atoms with Crippen molar-refractivity contribution in [3.63, 3.8) is 0 Å². The fourth-order valence-electron chi connectivity index (χ4n) is 2.07. The Labute approximate surface area is 80.7 Å². The average Bonchev–Trinajstić information content (AvgIpc) is 2.66. The number of hydrogen-bond donors (Lipinski definition) is 0. The standard InChI is InChI=1S/C11H11F3/c12-9-5-8(6-10(13)11(9)14)7-3-1-2-4-7/h5-7H,1-4H2. The van der Waals surface area contributed by atoms with Gasteiger partial charge in [0.15, 0.2) is 17.5 Å². The fourth-order valence-corrected chi connectivity index (χ4v) is 2.07. The zero-order valence-electron chi connectivity index (χ0n) is 7.69. The molecule has 2 rings (SSSR count). The Morgan fingerprint density at radius 1 is 0.929 bits per heavy atom. The summed E-state index contributed by atoms with van der Waals surface area (Å²) in [6.07, 6.45) is 4.07. The normalized spacial score (nSPS) is 17.6. The van der Waals surface area contributed by atoms with E-state index < -0.39 is 17.5 Å². The van der Waals surface area contributed by atoms with Gasteiger partial charge in [-0.05, 0) is 36.5 Å². The van der Waals surface area contributed by atoms with E-state index in [-0.39, 0.29) is 5.92 Å². The molecule has 0 nitrogen and oxygen atoms in total. The van der Waals surface area contributed by atoms with E-state index in [1.807, 2.05) is 0 Å². The molecule has 0 saturated heterocycles. The Bertz CT molecular complexity index is 317. The van der Waals surface area contributed by atoms with Crippen LogP contribution in [0.15, 0.2) is 12.1 Å². The summed E-state index contributed by atoms with van der Waals surface area (Å²) in [5.74, 6) is -3.31. The lowest BCUT2D eigenvalue weighted by molar-refractivity contribution is 0.443. The van der Waals surface area contributed by atoms with Gasteiger partial charge in [-0.1, -0.05) is 12.8 Å². The molecule has 0 atom stereocenters. The Morgan fingerprint density at radius 2 is 1.43 bits per heavy atom. The van der Waals surface area contributed by atoms with Crippen LogP contribution < -0.4 is 0 Å². The first-order valence-corrected chi connectivity index (χ1v) is 4.83. The number of benzene rings is 1. The molecule has 0 spiro atoms. The zero-order chi connectivity index (χ0) is 10.1. The van der Waals surface area contributed by atoms with Gasteiger partial charge < -0.3 is 0 Å². The van der Waals surface area contributed by atoms with E-state index in [4.69, 9.17) is 0 Å². The van der Waals surface area contributed by atoms with Gasteiger partial charge >= 0.3 is 0 Å². The molecule has 0 unspecified atom stereocenters. The Hall–Kier alpha value is -0.990. The van der Waals surface area contributed by atoms with Gasteiger partial charge in [0.1, 0.15) is 0 Å². The lowest BCUT2D eigenvalue weighted by Gasteiger charge is -2.09. The molecule has 0 heterocycles. The van der Waals surface area contributed by atoms with Crippen LogP contribution in [0.25, 0.3) is 0 Å². The minimum absolute atomic E-state index is 0.208. The molecule has 0 aromatic heterocycles. The summed E-state index contributed by atoms with van der Waals surface area (Å²) >= 11 is 0. The van der Waals surface area contributed by atoms with Crippen molar-refractivity contribution in [2.45, 2.75) is 31.6 Å². The molecule has 0 N–H and O–H groups in total. The van der Waals surface area contributed by atoms with E-state index in [0.717, 1.165) is 37.8 Å². The zero-order valence-corrected chi connectivity index (χ0v) is 7.69. The molecule has 1 aromatic carbocycles. The molecule has 1 saturated carbocycles. The molecule has 14 heavy (non-hydrogen) atoms. The van der Waals surface area contributed by atoms with Crippen LogP contribution in [0.3, 0.4) is 0 Å². The molecule has 1 aromatic rings. The van der Waals surface area contributed by atoms with E-state index in [2.05, 4.69) is 0 Å². The third-order valence-corrected chi connectivity index (χ3v) is 2.83. The number of hydrogen-bond acceptors (Lipinski definition) is 0. The van der Waals surface area contributed by atoms with Crippen molar-refractivity contribution in [1.82, 2.24) is 0 Å². The van der Waals surface area contributed by atoms with E-state index >= 15 is 0 Å². The third kappa shape index (κ3) is 1.63. The second-order valence-electron chi connectivity index (χ2n) is 3.78. The molecule has 0 bridgehead atoms. The molecule has 76 valence electrons. The largest absolute Gasteiger partial charge is 0.204 e. The summed E-state index contributed by atoms with van der Waals surface area (Å²) in [5, 5.41) is 0. The van der Waals surface area contributed by atoms with E-state index in [0.29, 0.717) is 5.56 Å². The first-order chi connectivity index (χ1) is 6.68. The van der Waals surface area contributed by atoms with Gasteiger partial charge in [-0.3, -0.25) is 0 Å². The minimum Gasteiger partial charge on any atom is -0.204 e. The number of halogens is 3. The first kappa shape index (κ1) is 9.56. The van der Waals surface area contributed by atoms with E-state index in [1.165, 1.54) is 0 Å². The quantitative estimate of drug-likeness (QED) is 0.605. The smallest absolute Gasteiger partial charge is 0.194 e. The molecule has 1 fully saturated rings. The average molecular weight is 200 g/mol. The van der Waals surface area contributed by atoms with Crippen LogP contribution in [-0.2, 0) is 0 Å². The highest BCUT2D eigenvalue weighted by Crippen LogP contribution is 2.34. The van der Waals surface area contributed by atoms with Crippen molar-refractivity contribution >= 4 is 0 Å². The van der Waals surface area contributed by atoms with Crippen molar-refractivity contribution in [3.8, 4) is 0 Å². The molecular weight excluding hydrogens is 189 g/mol. The Morgan fingerprint density at radius 3 is 1.93 bits per heavy atom. The van der Waals surface area contributed by atoms with Gasteiger partial charge in [-0.25, -0.2) is 13.2 Å². The summed E-state index contributed by atoms with van der Waals surface area (Å²) in [6.45, 7) is 0. The van der Waals surface area contributed by atoms with E-state index in [9.17, 15) is 13.2 Å². The lowest BCUT2D eigenvalue weighted by Crippen LogP contribution is -1.98. The van der Waals surface area contributed by atoms with Gasteiger partial charge in [-0.2, -0.15) is 0 Å². The van der Waals surface area contributed by atoms with Crippen LogP contribution in [0.5, 0.6) is 0 Å². The molecule has 3 heteroatoms. The van der Waals surface area contributed by atoms with Gasteiger partial charge in [-0.15, -0.1) is 0 Å². The molecule has 0 aliphatic heterocycles. The maximum Gasteiger partial charge on any atom is 0.194 e. The predicted octanol–water partition coefficient (Wildman–Crippen LogP) is 3.76. The van der Waals surface area contributed by atoms with Gasteiger partial charge in [0.25, 0.3) is 0 Å². The summed E-state index contributed by atoms with van der Waals surface area (Å²) in [4.78, 5) is 0. The minimum atomic E-state index is -1.37. The predicted molar refractivity (Wildman–Crippen MR) is 47.5 cm³/mol. The highest BCUT2D eigenvalue weighted by Gasteiger charge is 2.20. The van der Waals surface area contributed by atoms with Crippen LogP contribution >= 0.6 is 0 Å². The second-order valence-corrected chi connectivity index (χ2v) is 3.78. The third-order valence-electron chi connectivity index (χ3n) is 2.83. The van der Waals surface area contributed by atoms with Crippen LogP contribution in [0.1, 0.15) is 37.2 Å². The molecule has 0 amide bonds. The topological polar surface area (TPSA) is 0 Å². The summed E-state index contributed by atoms with van der Waals surface area (Å²) in [5.41, 5.74) is 0.596. The van der Waals surface area contributed by atoms with E-state index in [1.54, 1.807) is 0 Å². The molecule has 1 aliphatic rings. The lowest BCUT2D eigenvalue weighted by atomic mass is 9.97. The van der Waals surface area contributed by atoms with Crippen molar-refractivity contribution in [1.29, 1.82) is 0 Å². The van der Waals surface area contributed by atoms with Crippen molar-refractivity contribution in [2.75, 3.05) is 0 Å². The summed E-state index contributed by atoms with van der Waals surface area (Å²) in [6, 6.07) is 2.24. The van der Waals surface area contributed by atoms with Crippen LogP contribution in [0, 0.1) is 17.5 Å². The molecule has 0 radical (unpaired) electrons.